The largest absolute Gasteiger partial charge is 0.293 e. The van der Waals surface area contributed by atoms with Gasteiger partial charge in [-0.25, -0.2) is 19.9 Å². The number of rotatable bonds is 4. The van der Waals surface area contributed by atoms with E-state index in [1.807, 2.05) is 39.2 Å². The average molecular weight is 359 g/mol. The summed E-state index contributed by atoms with van der Waals surface area (Å²) in [4.78, 5) is 18.1. The third-order valence-electron chi connectivity index (χ3n) is 4.53. The van der Waals surface area contributed by atoms with Crippen molar-refractivity contribution in [3.8, 4) is 11.3 Å². The van der Waals surface area contributed by atoms with Crippen molar-refractivity contribution >= 4 is 22.8 Å². The van der Waals surface area contributed by atoms with E-state index in [2.05, 4.69) is 49.4 Å². The lowest BCUT2D eigenvalue weighted by Gasteiger charge is -2.08. The van der Waals surface area contributed by atoms with Gasteiger partial charge in [0.1, 0.15) is 0 Å². The van der Waals surface area contributed by atoms with Crippen molar-refractivity contribution < 1.29 is 0 Å². The van der Waals surface area contributed by atoms with Gasteiger partial charge in [0.15, 0.2) is 0 Å². The number of nitrogens with one attached hydrogen (secondary N) is 1. The van der Waals surface area contributed by atoms with Crippen molar-refractivity contribution in [1.82, 2.24) is 29.7 Å². The van der Waals surface area contributed by atoms with E-state index >= 15 is 0 Å². The van der Waals surface area contributed by atoms with Gasteiger partial charge in [-0.1, -0.05) is 13.0 Å². The molecule has 3 heterocycles. The number of fused-ring (bicyclic) bond motifs is 1. The Morgan fingerprint density at radius 3 is 2.59 bits per heavy atom. The molecular formula is C20H21N7. The van der Waals surface area contributed by atoms with Gasteiger partial charge >= 0.3 is 0 Å². The van der Waals surface area contributed by atoms with Gasteiger partial charge in [-0.2, -0.15) is 5.10 Å². The molecule has 1 aromatic carbocycles. The number of aryl methyl sites for hydroxylation is 4. The van der Waals surface area contributed by atoms with Crippen LogP contribution in [-0.2, 0) is 13.5 Å². The zero-order valence-corrected chi connectivity index (χ0v) is 15.9. The van der Waals surface area contributed by atoms with E-state index in [0.29, 0.717) is 11.9 Å². The maximum atomic E-state index is 4.61. The van der Waals surface area contributed by atoms with Gasteiger partial charge in [-0.3, -0.25) is 10.00 Å². The van der Waals surface area contributed by atoms with Crippen LogP contribution in [0.25, 0.3) is 22.2 Å². The Morgan fingerprint density at radius 1 is 1.00 bits per heavy atom. The van der Waals surface area contributed by atoms with E-state index in [1.165, 1.54) is 5.56 Å². The molecule has 0 aliphatic heterocycles. The number of hydrogen-bond donors (Lipinski definition) is 1. The van der Waals surface area contributed by atoms with Crippen LogP contribution in [0.2, 0.25) is 0 Å². The molecule has 0 aliphatic rings. The number of nitrogens with zero attached hydrogens (tertiary/aromatic N) is 6. The van der Waals surface area contributed by atoms with Crippen LogP contribution >= 0.6 is 0 Å². The summed E-state index contributed by atoms with van der Waals surface area (Å²) < 4.78 is 1.78. The van der Waals surface area contributed by atoms with Crippen molar-refractivity contribution in [1.29, 1.82) is 0 Å². The van der Waals surface area contributed by atoms with Crippen LogP contribution in [0.5, 0.6) is 0 Å². The summed E-state index contributed by atoms with van der Waals surface area (Å²) >= 11 is 0. The standard InChI is InChI=1S/C20H21N7/c1-5-14-6-7-17-15(10-14)12(2)22-20(24-17)25-19-21-9-8-18(23-19)16-11-27(4)26-13(16)3/h6-11H,5H2,1-4H3,(H,21,22,23,24,25). The summed E-state index contributed by atoms with van der Waals surface area (Å²) in [6.07, 6.45) is 4.66. The van der Waals surface area contributed by atoms with Crippen molar-refractivity contribution in [2.24, 2.45) is 7.05 Å². The average Bonchev–Trinajstić information content (AvgIpc) is 3.00. The Morgan fingerprint density at radius 2 is 1.85 bits per heavy atom. The molecule has 0 bridgehead atoms. The van der Waals surface area contributed by atoms with E-state index in [1.54, 1.807) is 10.9 Å². The Hall–Kier alpha value is -3.35. The molecule has 0 spiro atoms. The normalized spacial score (nSPS) is 11.1. The lowest BCUT2D eigenvalue weighted by molar-refractivity contribution is 0.756. The highest BCUT2D eigenvalue weighted by Crippen LogP contribution is 2.23. The highest BCUT2D eigenvalue weighted by molar-refractivity contribution is 5.82. The monoisotopic (exact) mass is 359 g/mol. The second kappa shape index (κ2) is 6.75. The van der Waals surface area contributed by atoms with Crippen LogP contribution in [0.4, 0.5) is 11.9 Å². The first-order valence-corrected chi connectivity index (χ1v) is 8.91. The summed E-state index contributed by atoms with van der Waals surface area (Å²) in [5.74, 6) is 0.948. The molecule has 136 valence electrons. The van der Waals surface area contributed by atoms with Gasteiger partial charge in [0.2, 0.25) is 11.9 Å². The first kappa shape index (κ1) is 17.1. The van der Waals surface area contributed by atoms with Gasteiger partial charge in [0, 0.05) is 30.4 Å². The van der Waals surface area contributed by atoms with Gasteiger partial charge in [-0.05, 0) is 44.0 Å². The number of aromatic nitrogens is 6. The molecule has 0 aliphatic carbocycles. The summed E-state index contributed by atoms with van der Waals surface area (Å²) in [7, 11) is 1.90. The van der Waals surface area contributed by atoms with E-state index in [-0.39, 0.29) is 0 Å². The van der Waals surface area contributed by atoms with E-state index in [0.717, 1.165) is 40.0 Å². The molecule has 27 heavy (non-hydrogen) atoms. The van der Waals surface area contributed by atoms with Crippen LogP contribution in [0.15, 0.2) is 36.7 Å². The van der Waals surface area contributed by atoms with Gasteiger partial charge in [0.25, 0.3) is 0 Å². The third kappa shape index (κ3) is 3.36. The van der Waals surface area contributed by atoms with Crippen LogP contribution in [0.3, 0.4) is 0 Å². The van der Waals surface area contributed by atoms with Gasteiger partial charge < -0.3 is 0 Å². The highest BCUT2D eigenvalue weighted by Gasteiger charge is 2.11. The molecule has 4 aromatic rings. The number of benzene rings is 1. The van der Waals surface area contributed by atoms with Gasteiger partial charge in [0.05, 0.1) is 22.6 Å². The Kier molecular flexibility index (Phi) is 4.27. The maximum Gasteiger partial charge on any atom is 0.230 e. The van der Waals surface area contributed by atoms with Crippen LogP contribution in [0, 0.1) is 13.8 Å². The van der Waals surface area contributed by atoms with E-state index in [9.17, 15) is 0 Å². The Bertz CT molecular complexity index is 1130. The van der Waals surface area contributed by atoms with Crippen LogP contribution in [-0.4, -0.2) is 29.7 Å². The molecule has 0 amide bonds. The first-order chi connectivity index (χ1) is 13.0. The molecule has 4 rings (SSSR count). The smallest absolute Gasteiger partial charge is 0.230 e. The molecule has 0 radical (unpaired) electrons. The molecule has 7 nitrogen and oxygen atoms in total. The van der Waals surface area contributed by atoms with Crippen LogP contribution in [0.1, 0.15) is 23.9 Å². The molecule has 3 aromatic heterocycles. The Balaban J connectivity index is 1.68. The molecule has 1 N–H and O–H groups in total. The van der Waals surface area contributed by atoms with Gasteiger partial charge in [-0.15, -0.1) is 0 Å². The zero-order chi connectivity index (χ0) is 19.0. The van der Waals surface area contributed by atoms with Crippen molar-refractivity contribution in [3.05, 3.63) is 53.6 Å². The van der Waals surface area contributed by atoms with Crippen molar-refractivity contribution in [2.75, 3.05) is 5.32 Å². The summed E-state index contributed by atoms with van der Waals surface area (Å²) in [6, 6.07) is 8.15. The number of hydrogen-bond acceptors (Lipinski definition) is 6. The molecule has 7 heteroatoms. The fourth-order valence-electron chi connectivity index (χ4n) is 3.12. The number of anilines is 2. The minimum absolute atomic E-state index is 0.458. The topological polar surface area (TPSA) is 81.4 Å². The SMILES string of the molecule is CCc1ccc2nc(Nc3nccc(-c4cn(C)nc4C)n3)nc(C)c2c1. The fraction of sp³-hybridized carbons (Fsp3) is 0.250. The second-order valence-corrected chi connectivity index (χ2v) is 6.53. The summed E-state index contributed by atoms with van der Waals surface area (Å²) in [6.45, 7) is 6.09. The predicted molar refractivity (Wildman–Crippen MR) is 106 cm³/mol. The molecule has 0 saturated carbocycles. The van der Waals surface area contributed by atoms with Crippen LogP contribution < -0.4 is 5.32 Å². The third-order valence-corrected chi connectivity index (χ3v) is 4.53. The minimum atomic E-state index is 0.458. The maximum absolute atomic E-state index is 4.61. The van der Waals surface area contributed by atoms with Crippen molar-refractivity contribution in [3.63, 3.8) is 0 Å². The minimum Gasteiger partial charge on any atom is -0.293 e. The molecule has 0 fully saturated rings. The first-order valence-electron chi connectivity index (χ1n) is 8.91. The molecular weight excluding hydrogens is 338 g/mol. The van der Waals surface area contributed by atoms with Crippen molar-refractivity contribution in [2.45, 2.75) is 27.2 Å². The summed E-state index contributed by atoms with van der Waals surface area (Å²) in [5.41, 5.74) is 5.82. The van der Waals surface area contributed by atoms with E-state index < -0.39 is 0 Å². The fourth-order valence-corrected chi connectivity index (χ4v) is 3.12. The second-order valence-electron chi connectivity index (χ2n) is 6.53. The molecule has 0 saturated heterocycles. The molecule has 0 atom stereocenters. The predicted octanol–water partition coefficient (Wildman–Crippen LogP) is 3.74. The quantitative estimate of drug-likeness (QED) is 0.598. The zero-order valence-electron chi connectivity index (χ0n) is 15.9. The molecule has 0 unspecified atom stereocenters. The summed E-state index contributed by atoms with van der Waals surface area (Å²) in [5, 5.41) is 8.57. The lowest BCUT2D eigenvalue weighted by Crippen LogP contribution is -2.03. The highest BCUT2D eigenvalue weighted by atomic mass is 15.3. The Labute approximate surface area is 157 Å². The van der Waals surface area contributed by atoms with E-state index in [4.69, 9.17) is 0 Å². The lowest BCUT2D eigenvalue weighted by atomic mass is 10.1.